The van der Waals surface area contributed by atoms with Gasteiger partial charge in [0.15, 0.2) is 0 Å². The minimum absolute atomic E-state index is 0.163. The van der Waals surface area contributed by atoms with Crippen molar-refractivity contribution in [1.82, 2.24) is 10.6 Å². The summed E-state index contributed by atoms with van der Waals surface area (Å²) in [5, 5.41) is 25.4. The summed E-state index contributed by atoms with van der Waals surface area (Å²) in [5.41, 5.74) is 0. The monoisotopic (exact) mass is 606 g/mol. The Morgan fingerprint density at radius 2 is 1.28 bits per heavy atom. The minimum Gasteiger partial charge on any atom is -0.481 e. The van der Waals surface area contributed by atoms with Gasteiger partial charge in [0.1, 0.15) is 18.4 Å². The third-order valence-electron chi connectivity index (χ3n) is 9.22. The molecule has 7 unspecified atom stereocenters. The van der Waals surface area contributed by atoms with Crippen molar-refractivity contribution < 1.29 is 43.6 Å². The van der Waals surface area contributed by atoms with Gasteiger partial charge in [0.25, 0.3) is 0 Å². The molecular weight excluding hydrogens is 556 g/mol. The zero-order valence-electron chi connectivity index (χ0n) is 25.5. The maximum Gasteiger partial charge on any atom is 0.307 e. The Hall–Kier alpha value is -2.84. The molecule has 242 valence electrons. The molecule has 11 nitrogen and oxygen atoms in total. The number of hydrogen-bond acceptors (Lipinski definition) is 7. The Labute approximate surface area is 255 Å². The van der Waals surface area contributed by atoms with Gasteiger partial charge in [-0.3, -0.25) is 19.2 Å². The molecule has 3 saturated carbocycles. The number of aliphatic carboxylic acids is 2. The van der Waals surface area contributed by atoms with Gasteiger partial charge in [0, 0.05) is 0 Å². The van der Waals surface area contributed by atoms with Gasteiger partial charge < -0.3 is 35.1 Å². The molecule has 0 saturated heterocycles. The lowest BCUT2D eigenvalue weighted by Crippen LogP contribution is -2.55. The molecular formula is C32H50N2O9. The van der Waals surface area contributed by atoms with E-state index in [0.717, 1.165) is 32.1 Å². The van der Waals surface area contributed by atoms with Crippen molar-refractivity contribution in [1.29, 1.82) is 0 Å². The molecule has 0 spiro atoms. The minimum atomic E-state index is -1.06. The van der Waals surface area contributed by atoms with Crippen LogP contribution in [-0.4, -0.2) is 71.7 Å². The molecule has 43 heavy (non-hydrogen) atoms. The molecule has 3 rings (SSSR count). The van der Waals surface area contributed by atoms with Gasteiger partial charge in [-0.1, -0.05) is 45.5 Å². The van der Waals surface area contributed by atoms with Crippen LogP contribution in [0, 0.1) is 36.2 Å². The van der Waals surface area contributed by atoms with Crippen molar-refractivity contribution in [2.24, 2.45) is 23.7 Å². The van der Waals surface area contributed by atoms with Gasteiger partial charge in [-0.15, -0.1) is 0 Å². The first kappa shape index (κ1) is 34.6. The molecule has 0 heterocycles. The number of terminal acetylenes is 1. The van der Waals surface area contributed by atoms with E-state index in [2.05, 4.69) is 16.7 Å². The predicted molar refractivity (Wildman–Crippen MR) is 157 cm³/mol. The molecule has 0 aliphatic heterocycles. The number of ether oxygens (including phenoxy) is 3. The fraction of sp³-hybridized carbons (Fsp3) is 0.812. The van der Waals surface area contributed by atoms with Crippen molar-refractivity contribution in [2.75, 3.05) is 13.2 Å². The quantitative estimate of drug-likeness (QED) is 0.116. The fourth-order valence-corrected chi connectivity index (χ4v) is 6.79. The third-order valence-corrected chi connectivity index (χ3v) is 9.22. The Kier molecular flexibility index (Phi) is 14.6. The standard InChI is InChI=1S/C32H50N2O9/c1-3-5-7-12-28(33-29(35)26-19-22(41-4-2)13-15-24(26)31(37)38)34-30(36)27-20-23(14-16-25(27)32(39)40)43-18-17-42-21-10-8-6-9-11-21/h2,21-28H,3,5-20H2,1H3,(H,33,35)(H,34,36)(H,37,38)(H,39,40). The van der Waals surface area contributed by atoms with E-state index in [1.54, 1.807) is 0 Å². The molecule has 3 fully saturated rings. The SMILES string of the molecule is C#COC1CCC(C(=O)O)C(C(=O)NC(CCCCC)NC(=O)C2CC(OCCOC3CCCCC3)CCC2C(=O)O)C1. The number of carbonyl (C=O) groups is 4. The van der Waals surface area contributed by atoms with Crippen molar-refractivity contribution in [2.45, 2.75) is 128 Å². The van der Waals surface area contributed by atoms with E-state index < -0.39 is 59.7 Å². The summed E-state index contributed by atoms with van der Waals surface area (Å²) >= 11 is 0. The first-order valence-electron chi connectivity index (χ1n) is 16.1. The second-order valence-corrected chi connectivity index (χ2v) is 12.3. The van der Waals surface area contributed by atoms with Gasteiger partial charge in [0.05, 0.1) is 49.1 Å². The Balaban J connectivity index is 1.62. The molecule has 11 heteroatoms. The molecule has 0 aromatic rings. The maximum atomic E-state index is 13.6. The number of hydrogen-bond donors (Lipinski definition) is 4. The summed E-state index contributed by atoms with van der Waals surface area (Å²) in [6.45, 7) is 2.90. The van der Waals surface area contributed by atoms with Gasteiger partial charge in [0.2, 0.25) is 11.8 Å². The Morgan fingerprint density at radius 3 is 1.81 bits per heavy atom. The highest BCUT2D eigenvalue weighted by Crippen LogP contribution is 2.34. The number of rotatable bonds is 16. The highest BCUT2D eigenvalue weighted by molar-refractivity contribution is 5.87. The summed E-state index contributed by atoms with van der Waals surface area (Å²) in [5.74, 6) is -6.48. The van der Waals surface area contributed by atoms with Crippen LogP contribution in [0.15, 0.2) is 0 Å². The molecule has 2 amide bonds. The van der Waals surface area contributed by atoms with Gasteiger partial charge in [-0.05, 0) is 64.2 Å². The number of unbranched alkanes of at least 4 members (excludes halogenated alkanes) is 2. The number of carboxylic acids is 2. The zero-order valence-corrected chi connectivity index (χ0v) is 25.5. The fourth-order valence-electron chi connectivity index (χ4n) is 6.79. The van der Waals surface area contributed by atoms with Crippen LogP contribution in [0.3, 0.4) is 0 Å². The number of carboxylic acid groups (broad SMARTS) is 2. The molecule has 7 atom stereocenters. The summed E-state index contributed by atoms with van der Waals surface area (Å²) in [6.07, 6.45) is 16.9. The van der Waals surface area contributed by atoms with E-state index in [0.29, 0.717) is 38.9 Å². The highest BCUT2D eigenvalue weighted by Gasteiger charge is 2.42. The van der Waals surface area contributed by atoms with E-state index in [1.165, 1.54) is 19.3 Å². The van der Waals surface area contributed by atoms with Crippen LogP contribution in [0.25, 0.3) is 0 Å². The first-order chi connectivity index (χ1) is 20.7. The van der Waals surface area contributed by atoms with E-state index in [1.807, 2.05) is 6.92 Å². The summed E-state index contributed by atoms with van der Waals surface area (Å²) < 4.78 is 17.2. The van der Waals surface area contributed by atoms with Crippen LogP contribution >= 0.6 is 0 Å². The van der Waals surface area contributed by atoms with Crippen LogP contribution in [0.4, 0.5) is 0 Å². The van der Waals surface area contributed by atoms with Crippen LogP contribution in [-0.2, 0) is 33.4 Å². The van der Waals surface area contributed by atoms with Gasteiger partial charge >= 0.3 is 11.9 Å². The van der Waals surface area contributed by atoms with Gasteiger partial charge in [-0.2, -0.15) is 0 Å². The van der Waals surface area contributed by atoms with Crippen LogP contribution < -0.4 is 10.6 Å². The van der Waals surface area contributed by atoms with Crippen molar-refractivity contribution >= 4 is 23.8 Å². The second kappa shape index (κ2) is 18.1. The maximum absolute atomic E-state index is 13.6. The average Bonchev–Trinajstić information content (AvgIpc) is 2.99. The molecule has 4 N–H and O–H groups in total. The van der Waals surface area contributed by atoms with Crippen molar-refractivity contribution in [3.8, 4) is 12.5 Å². The first-order valence-corrected chi connectivity index (χ1v) is 16.1. The number of nitrogens with one attached hydrogen (secondary N) is 2. The summed E-state index contributed by atoms with van der Waals surface area (Å²) in [6, 6.07) is 0. The van der Waals surface area contributed by atoms with Crippen LogP contribution in [0.2, 0.25) is 0 Å². The zero-order chi connectivity index (χ0) is 31.2. The average molecular weight is 607 g/mol. The lowest BCUT2D eigenvalue weighted by Gasteiger charge is -2.35. The smallest absolute Gasteiger partial charge is 0.307 e. The van der Waals surface area contributed by atoms with Crippen molar-refractivity contribution in [3.63, 3.8) is 0 Å². The summed E-state index contributed by atoms with van der Waals surface area (Å²) in [7, 11) is 0. The normalized spacial score (nSPS) is 28.7. The second-order valence-electron chi connectivity index (χ2n) is 12.3. The Bertz CT molecular complexity index is 961. The van der Waals surface area contributed by atoms with E-state index in [9.17, 15) is 29.4 Å². The van der Waals surface area contributed by atoms with Crippen LogP contribution in [0.1, 0.15) is 103 Å². The van der Waals surface area contributed by atoms with Crippen molar-refractivity contribution in [3.05, 3.63) is 0 Å². The number of amides is 2. The van der Waals surface area contributed by atoms with E-state index >= 15 is 0 Å². The predicted octanol–water partition coefficient (Wildman–Crippen LogP) is 3.84. The lowest BCUT2D eigenvalue weighted by molar-refractivity contribution is -0.152. The Morgan fingerprint density at radius 1 is 0.744 bits per heavy atom. The van der Waals surface area contributed by atoms with Gasteiger partial charge in [-0.25, -0.2) is 0 Å². The molecule has 0 aromatic carbocycles. The summed E-state index contributed by atoms with van der Waals surface area (Å²) in [4.78, 5) is 51.0. The molecule has 0 aromatic heterocycles. The van der Waals surface area contributed by atoms with E-state index in [4.69, 9.17) is 20.6 Å². The number of carbonyl (C=O) groups excluding carboxylic acids is 2. The molecule has 0 bridgehead atoms. The highest BCUT2D eigenvalue weighted by atomic mass is 16.5. The topological polar surface area (TPSA) is 160 Å². The van der Waals surface area contributed by atoms with E-state index in [-0.39, 0.29) is 31.5 Å². The van der Waals surface area contributed by atoms with Crippen LogP contribution in [0.5, 0.6) is 0 Å². The molecule has 3 aliphatic rings. The lowest BCUT2D eigenvalue weighted by atomic mass is 9.77. The largest absolute Gasteiger partial charge is 0.481 e. The molecule has 3 aliphatic carbocycles. The molecule has 0 radical (unpaired) electrons. The third kappa shape index (κ3) is 11.0.